The minimum absolute atomic E-state index is 0.488. The first-order valence-electron chi connectivity index (χ1n) is 11.4. The summed E-state index contributed by atoms with van der Waals surface area (Å²) in [5.41, 5.74) is 3.74. The second kappa shape index (κ2) is 9.47. The van der Waals surface area contributed by atoms with Crippen molar-refractivity contribution in [2.75, 3.05) is 6.61 Å². The lowest BCUT2D eigenvalue weighted by Crippen LogP contribution is -2.13. The summed E-state index contributed by atoms with van der Waals surface area (Å²) in [6.07, 6.45) is 8.82. The average molecular weight is 391 g/mol. The van der Waals surface area contributed by atoms with Crippen LogP contribution in [-0.4, -0.2) is 16.2 Å². The molecule has 1 heterocycles. The first-order chi connectivity index (χ1) is 14.2. The Hall–Kier alpha value is -2.29. The fourth-order valence-electron chi connectivity index (χ4n) is 4.64. The highest BCUT2D eigenvalue weighted by molar-refractivity contribution is 5.76. The Morgan fingerprint density at radius 2 is 1.72 bits per heavy atom. The van der Waals surface area contributed by atoms with E-state index in [0.717, 1.165) is 37.3 Å². The second-order valence-corrected chi connectivity index (χ2v) is 8.69. The molecule has 0 N–H and O–H groups in total. The summed E-state index contributed by atoms with van der Waals surface area (Å²) in [7, 11) is 0. The molecular weight excluding hydrogens is 356 g/mol. The molecule has 0 atom stereocenters. The fourth-order valence-corrected chi connectivity index (χ4v) is 4.64. The highest BCUT2D eigenvalue weighted by atomic mass is 16.5. The van der Waals surface area contributed by atoms with Crippen LogP contribution in [0.1, 0.15) is 82.0 Å². The molecule has 0 aliphatic heterocycles. The number of imidazole rings is 1. The lowest BCUT2D eigenvalue weighted by atomic mass is 9.88. The van der Waals surface area contributed by atoms with Gasteiger partial charge in [0.25, 0.3) is 0 Å². The third-order valence-corrected chi connectivity index (χ3v) is 6.23. The number of para-hydroxylation sites is 3. The summed E-state index contributed by atoms with van der Waals surface area (Å²) in [4.78, 5) is 5.05. The number of fused-ring (bicyclic) bond motifs is 1. The zero-order valence-electron chi connectivity index (χ0n) is 17.9. The number of benzene rings is 2. The Morgan fingerprint density at radius 3 is 2.55 bits per heavy atom. The molecule has 3 nitrogen and oxygen atoms in total. The van der Waals surface area contributed by atoms with Gasteiger partial charge in [-0.3, -0.25) is 0 Å². The van der Waals surface area contributed by atoms with Crippen molar-refractivity contribution in [3.8, 4) is 5.75 Å². The van der Waals surface area contributed by atoms with Crippen molar-refractivity contribution in [1.29, 1.82) is 0 Å². The maximum atomic E-state index is 6.13. The summed E-state index contributed by atoms with van der Waals surface area (Å²) < 4.78 is 8.62. The van der Waals surface area contributed by atoms with Gasteiger partial charge >= 0.3 is 0 Å². The number of hydrogen-bond donors (Lipinski definition) is 0. The Labute approximate surface area is 175 Å². The SMILES string of the molecule is CC(C)c1ccccc1OCCCCn1c(C2CCCCC2)nc2ccccc21. The van der Waals surface area contributed by atoms with Gasteiger partial charge in [0.1, 0.15) is 11.6 Å². The molecule has 4 rings (SSSR count). The van der Waals surface area contributed by atoms with Crippen LogP contribution in [0.4, 0.5) is 0 Å². The molecule has 0 bridgehead atoms. The summed E-state index contributed by atoms with van der Waals surface area (Å²) >= 11 is 0. The van der Waals surface area contributed by atoms with Crippen LogP contribution in [0.15, 0.2) is 48.5 Å². The summed E-state index contributed by atoms with van der Waals surface area (Å²) in [5, 5.41) is 0. The Balaban J connectivity index is 1.39. The van der Waals surface area contributed by atoms with Gasteiger partial charge in [0.05, 0.1) is 17.6 Å². The van der Waals surface area contributed by atoms with E-state index in [1.165, 1.54) is 49.0 Å². The van der Waals surface area contributed by atoms with Gasteiger partial charge < -0.3 is 9.30 Å². The monoisotopic (exact) mass is 390 g/mol. The topological polar surface area (TPSA) is 27.1 Å². The maximum absolute atomic E-state index is 6.13. The number of hydrogen-bond acceptors (Lipinski definition) is 2. The molecule has 1 aliphatic carbocycles. The standard InChI is InChI=1S/C26H34N2O/c1-20(2)22-14-6-9-17-25(22)29-19-11-10-18-28-24-16-8-7-15-23(24)27-26(28)21-12-4-3-5-13-21/h6-9,14-17,20-21H,3-5,10-13,18-19H2,1-2H3. The maximum Gasteiger partial charge on any atom is 0.122 e. The number of rotatable bonds is 8. The van der Waals surface area contributed by atoms with Crippen LogP contribution >= 0.6 is 0 Å². The van der Waals surface area contributed by atoms with E-state index in [2.05, 4.69) is 66.9 Å². The largest absolute Gasteiger partial charge is 0.493 e. The molecule has 1 aliphatic rings. The minimum atomic E-state index is 0.488. The Kier molecular flexibility index (Phi) is 6.53. The normalized spacial score (nSPS) is 15.3. The number of ether oxygens (including phenoxy) is 1. The lowest BCUT2D eigenvalue weighted by Gasteiger charge is -2.22. The number of unbranched alkanes of at least 4 members (excludes halogenated alkanes) is 1. The van der Waals surface area contributed by atoms with Gasteiger partial charge in [-0.25, -0.2) is 4.98 Å². The molecule has 0 radical (unpaired) electrons. The predicted molar refractivity (Wildman–Crippen MR) is 121 cm³/mol. The van der Waals surface area contributed by atoms with Gasteiger partial charge in [0.15, 0.2) is 0 Å². The van der Waals surface area contributed by atoms with Crippen LogP contribution in [0.25, 0.3) is 11.0 Å². The molecule has 2 aromatic carbocycles. The van der Waals surface area contributed by atoms with Gasteiger partial charge in [0.2, 0.25) is 0 Å². The molecule has 1 fully saturated rings. The quantitative estimate of drug-likeness (QED) is 0.385. The van der Waals surface area contributed by atoms with Crippen molar-refractivity contribution in [1.82, 2.24) is 9.55 Å². The summed E-state index contributed by atoms with van der Waals surface area (Å²) in [5.74, 6) is 3.47. The van der Waals surface area contributed by atoms with E-state index in [4.69, 9.17) is 9.72 Å². The highest BCUT2D eigenvalue weighted by Gasteiger charge is 2.22. The molecular formula is C26H34N2O. The van der Waals surface area contributed by atoms with Crippen LogP contribution in [0.3, 0.4) is 0 Å². The molecule has 154 valence electrons. The van der Waals surface area contributed by atoms with E-state index in [9.17, 15) is 0 Å². The van der Waals surface area contributed by atoms with E-state index in [1.54, 1.807) is 0 Å². The first-order valence-corrected chi connectivity index (χ1v) is 11.4. The van der Waals surface area contributed by atoms with E-state index < -0.39 is 0 Å². The van der Waals surface area contributed by atoms with Crippen LogP contribution in [-0.2, 0) is 6.54 Å². The molecule has 1 aromatic heterocycles. The van der Waals surface area contributed by atoms with Gasteiger partial charge in [-0.2, -0.15) is 0 Å². The lowest BCUT2D eigenvalue weighted by molar-refractivity contribution is 0.298. The molecule has 29 heavy (non-hydrogen) atoms. The smallest absolute Gasteiger partial charge is 0.122 e. The third kappa shape index (κ3) is 4.66. The average Bonchev–Trinajstić information content (AvgIpc) is 3.13. The molecule has 1 saturated carbocycles. The Morgan fingerprint density at radius 1 is 0.966 bits per heavy atom. The van der Waals surface area contributed by atoms with Gasteiger partial charge in [-0.15, -0.1) is 0 Å². The van der Waals surface area contributed by atoms with E-state index in [-0.39, 0.29) is 0 Å². The molecule has 0 saturated heterocycles. The minimum Gasteiger partial charge on any atom is -0.493 e. The molecule has 0 amide bonds. The Bertz CT molecular complexity index is 921. The van der Waals surface area contributed by atoms with Crippen LogP contribution in [0.2, 0.25) is 0 Å². The van der Waals surface area contributed by atoms with Crippen LogP contribution in [0, 0.1) is 0 Å². The predicted octanol–water partition coefficient (Wildman–Crippen LogP) is 7.07. The number of nitrogens with zero attached hydrogens (tertiary/aromatic N) is 2. The zero-order chi connectivity index (χ0) is 20.1. The van der Waals surface area contributed by atoms with E-state index in [0.29, 0.717) is 11.8 Å². The van der Waals surface area contributed by atoms with Crippen molar-refractivity contribution < 1.29 is 4.74 Å². The van der Waals surface area contributed by atoms with Crippen LogP contribution in [0.5, 0.6) is 5.75 Å². The molecule has 0 spiro atoms. The second-order valence-electron chi connectivity index (χ2n) is 8.69. The highest BCUT2D eigenvalue weighted by Crippen LogP contribution is 2.34. The zero-order valence-corrected chi connectivity index (χ0v) is 17.9. The number of aromatic nitrogens is 2. The fraction of sp³-hybridized carbons (Fsp3) is 0.500. The van der Waals surface area contributed by atoms with Crippen molar-refractivity contribution >= 4 is 11.0 Å². The van der Waals surface area contributed by atoms with E-state index in [1.807, 2.05) is 0 Å². The number of aryl methyl sites for hydroxylation is 1. The molecule has 3 aromatic rings. The van der Waals surface area contributed by atoms with E-state index >= 15 is 0 Å². The van der Waals surface area contributed by atoms with Crippen LogP contribution < -0.4 is 4.74 Å². The van der Waals surface area contributed by atoms with Crippen molar-refractivity contribution in [2.45, 2.75) is 77.2 Å². The van der Waals surface area contributed by atoms with Crippen molar-refractivity contribution in [3.63, 3.8) is 0 Å². The van der Waals surface area contributed by atoms with Gasteiger partial charge in [-0.05, 0) is 55.4 Å². The summed E-state index contributed by atoms with van der Waals surface area (Å²) in [6.45, 7) is 6.24. The van der Waals surface area contributed by atoms with Gasteiger partial charge in [0, 0.05) is 12.5 Å². The molecule has 0 unspecified atom stereocenters. The third-order valence-electron chi connectivity index (χ3n) is 6.23. The van der Waals surface area contributed by atoms with Crippen molar-refractivity contribution in [2.24, 2.45) is 0 Å². The summed E-state index contributed by atoms with van der Waals surface area (Å²) in [6, 6.07) is 17.1. The first kappa shape index (κ1) is 20.0. The van der Waals surface area contributed by atoms with Gasteiger partial charge in [-0.1, -0.05) is 63.4 Å². The van der Waals surface area contributed by atoms with Crippen molar-refractivity contribution in [3.05, 3.63) is 59.9 Å². The molecule has 3 heteroatoms.